The van der Waals surface area contributed by atoms with Crippen LogP contribution >= 0.6 is 15.9 Å². The van der Waals surface area contributed by atoms with E-state index in [1.807, 2.05) is 13.1 Å². The minimum Gasteiger partial charge on any atom is -0.323 e. The summed E-state index contributed by atoms with van der Waals surface area (Å²) in [6.07, 6.45) is 3.77. The third-order valence-corrected chi connectivity index (χ3v) is 4.50. The van der Waals surface area contributed by atoms with Crippen molar-refractivity contribution >= 4 is 15.9 Å². The topological polar surface area (TPSA) is 38.0 Å². The van der Waals surface area contributed by atoms with Crippen molar-refractivity contribution in [3.63, 3.8) is 0 Å². The Morgan fingerprint density at radius 1 is 1.44 bits per heavy atom. The highest BCUT2D eigenvalue weighted by molar-refractivity contribution is 9.10. The van der Waals surface area contributed by atoms with Crippen molar-refractivity contribution in [2.75, 3.05) is 13.6 Å². The Bertz CT molecular complexity index is 361. The first kappa shape index (κ1) is 12.1. The van der Waals surface area contributed by atoms with Gasteiger partial charge in [-0.1, -0.05) is 40.5 Å². The van der Waals surface area contributed by atoms with Crippen LogP contribution in [-0.4, -0.2) is 13.6 Å². The largest absolute Gasteiger partial charge is 0.323 e. The predicted octanol–water partition coefficient (Wildman–Crippen LogP) is 2.84. The lowest BCUT2D eigenvalue weighted by atomic mass is 9.62. The molecular weight excluding hydrogens is 264 g/mol. The minimum atomic E-state index is 0.129. The zero-order valence-electron chi connectivity index (χ0n) is 9.67. The molecule has 0 saturated heterocycles. The molecule has 2 rings (SSSR count). The quantitative estimate of drug-likeness (QED) is 0.891. The summed E-state index contributed by atoms with van der Waals surface area (Å²) in [4.78, 5) is 0. The second-order valence-corrected chi connectivity index (χ2v) is 5.60. The number of nitrogens with one attached hydrogen (secondary N) is 1. The fourth-order valence-corrected chi connectivity index (χ4v) is 3.17. The maximum atomic E-state index is 6.45. The smallest absolute Gasteiger partial charge is 0.0375 e. The van der Waals surface area contributed by atoms with E-state index >= 15 is 0 Å². The Morgan fingerprint density at radius 2 is 2.12 bits per heavy atom. The monoisotopic (exact) mass is 282 g/mol. The van der Waals surface area contributed by atoms with Crippen molar-refractivity contribution in [2.24, 2.45) is 11.1 Å². The van der Waals surface area contributed by atoms with Gasteiger partial charge in [0.15, 0.2) is 0 Å². The van der Waals surface area contributed by atoms with Crippen molar-refractivity contribution < 1.29 is 0 Å². The first-order valence-electron chi connectivity index (χ1n) is 5.84. The fraction of sp³-hybridized carbons (Fsp3) is 0.538. The molecule has 1 atom stereocenters. The molecule has 0 spiro atoms. The molecule has 0 aliphatic heterocycles. The molecule has 1 aromatic rings. The third kappa shape index (κ3) is 2.04. The second kappa shape index (κ2) is 4.86. The molecule has 1 aliphatic rings. The van der Waals surface area contributed by atoms with E-state index in [4.69, 9.17) is 5.73 Å². The Kier molecular flexibility index (Phi) is 3.67. The highest BCUT2D eigenvalue weighted by atomic mass is 79.9. The summed E-state index contributed by atoms with van der Waals surface area (Å²) in [5, 5.41) is 3.29. The van der Waals surface area contributed by atoms with Gasteiger partial charge >= 0.3 is 0 Å². The SMILES string of the molecule is CNCC1(C(N)c2ccccc2Br)CCC1. The van der Waals surface area contributed by atoms with Gasteiger partial charge in [0, 0.05) is 22.5 Å². The van der Waals surface area contributed by atoms with Crippen LogP contribution in [-0.2, 0) is 0 Å². The Balaban J connectivity index is 2.23. The summed E-state index contributed by atoms with van der Waals surface area (Å²) < 4.78 is 1.13. The van der Waals surface area contributed by atoms with Crippen molar-refractivity contribution in [1.29, 1.82) is 0 Å². The van der Waals surface area contributed by atoms with Crippen LogP contribution in [0.25, 0.3) is 0 Å². The lowest BCUT2D eigenvalue weighted by Crippen LogP contribution is -2.47. The van der Waals surface area contributed by atoms with Gasteiger partial charge in [-0.3, -0.25) is 0 Å². The minimum absolute atomic E-state index is 0.129. The summed E-state index contributed by atoms with van der Waals surface area (Å²) in [7, 11) is 2.01. The maximum Gasteiger partial charge on any atom is 0.0375 e. The van der Waals surface area contributed by atoms with E-state index in [0.717, 1.165) is 11.0 Å². The molecule has 1 saturated carbocycles. The number of nitrogens with two attached hydrogens (primary N) is 1. The Labute approximate surface area is 106 Å². The van der Waals surface area contributed by atoms with Crippen LogP contribution in [0.15, 0.2) is 28.7 Å². The van der Waals surface area contributed by atoms with Gasteiger partial charge in [-0.25, -0.2) is 0 Å². The van der Waals surface area contributed by atoms with Crippen LogP contribution in [0.4, 0.5) is 0 Å². The van der Waals surface area contributed by atoms with Crippen LogP contribution in [0.2, 0.25) is 0 Å². The van der Waals surface area contributed by atoms with E-state index in [2.05, 4.69) is 39.4 Å². The number of rotatable bonds is 4. The van der Waals surface area contributed by atoms with Crippen LogP contribution in [0.3, 0.4) is 0 Å². The fourth-order valence-electron chi connectivity index (χ4n) is 2.64. The van der Waals surface area contributed by atoms with Gasteiger partial charge in [-0.15, -0.1) is 0 Å². The van der Waals surface area contributed by atoms with Crippen molar-refractivity contribution in [3.8, 4) is 0 Å². The number of halogens is 1. The van der Waals surface area contributed by atoms with E-state index in [-0.39, 0.29) is 11.5 Å². The van der Waals surface area contributed by atoms with Gasteiger partial charge in [0.2, 0.25) is 0 Å². The highest BCUT2D eigenvalue weighted by Crippen LogP contribution is 2.49. The predicted molar refractivity (Wildman–Crippen MR) is 71.3 cm³/mol. The van der Waals surface area contributed by atoms with E-state index in [1.54, 1.807) is 0 Å². The van der Waals surface area contributed by atoms with Crippen molar-refractivity contribution in [2.45, 2.75) is 25.3 Å². The van der Waals surface area contributed by atoms with Crippen molar-refractivity contribution in [3.05, 3.63) is 34.3 Å². The number of hydrogen-bond donors (Lipinski definition) is 2. The normalized spacial score (nSPS) is 20.2. The van der Waals surface area contributed by atoms with Crippen LogP contribution in [0.5, 0.6) is 0 Å². The maximum absolute atomic E-state index is 6.45. The summed E-state index contributed by atoms with van der Waals surface area (Å²) in [6, 6.07) is 8.42. The molecule has 1 aromatic carbocycles. The van der Waals surface area contributed by atoms with E-state index in [9.17, 15) is 0 Å². The first-order chi connectivity index (χ1) is 7.69. The highest BCUT2D eigenvalue weighted by Gasteiger charge is 2.42. The van der Waals surface area contributed by atoms with Gasteiger partial charge in [-0.05, 0) is 31.5 Å². The van der Waals surface area contributed by atoms with Gasteiger partial charge in [-0.2, -0.15) is 0 Å². The molecule has 2 nitrogen and oxygen atoms in total. The van der Waals surface area contributed by atoms with Gasteiger partial charge in [0.25, 0.3) is 0 Å². The number of hydrogen-bond acceptors (Lipinski definition) is 2. The average Bonchev–Trinajstić information content (AvgIpc) is 2.23. The molecule has 0 bridgehead atoms. The molecule has 88 valence electrons. The van der Waals surface area contributed by atoms with Crippen LogP contribution in [0, 0.1) is 5.41 Å². The summed E-state index contributed by atoms with van der Waals surface area (Å²) in [5.41, 5.74) is 7.95. The molecule has 16 heavy (non-hydrogen) atoms. The summed E-state index contributed by atoms with van der Waals surface area (Å²) in [5.74, 6) is 0. The lowest BCUT2D eigenvalue weighted by molar-refractivity contribution is 0.0944. The molecular formula is C13H19BrN2. The Hall–Kier alpha value is -0.380. The summed E-state index contributed by atoms with van der Waals surface area (Å²) >= 11 is 3.59. The molecule has 0 heterocycles. The molecule has 0 radical (unpaired) electrons. The Morgan fingerprint density at radius 3 is 2.62 bits per heavy atom. The zero-order valence-corrected chi connectivity index (χ0v) is 11.3. The molecule has 0 amide bonds. The lowest BCUT2D eigenvalue weighted by Gasteiger charge is -2.46. The van der Waals surface area contributed by atoms with Crippen molar-refractivity contribution in [1.82, 2.24) is 5.32 Å². The first-order valence-corrected chi connectivity index (χ1v) is 6.63. The molecule has 0 aromatic heterocycles. The van der Waals surface area contributed by atoms with E-state index < -0.39 is 0 Å². The zero-order chi connectivity index (χ0) is 11.6. The standard InChI is InChI=1S/C13H19BrN2/c1-16-9-13(7-4-8-13)12(15)10-5-2-3-6-11(10)14/h2-3,5-6,12,16H,4,7-9,15H2,1H3. The molecule has 1 unspecified atom stereocenters. The van der Waals surface area contributed by atoms with Crippen LogP contribution in [0.1, 0.15) is 30.9 Å². The van der Waals surface area contributed by atoms with E-state index in [0.29, 0.717) is 0 Å². The molecule has 1 aliphatic carbocycles. The van der Waals surface area contributed by atoms with Crippen LogP contribution < -0.4 is 11.1 Å². The molecule has 3 heteroatoms. The third-order valence-electron chi connectivity index (χ3n) is 3.78. The van der Waals surface area contributed by atoms with E-state index in [1.165, 1.54) is 24.8 Å². The summed E-state index contributed by atoms with van der Waals surface area (Å²) in [6.45, 7) is 1.01. The number of benzene rings is 1. The molecule has 3 N–H and O–H groups in total. The second-order valence-electron chi connectivity index (χ2n) is 4.75. The van der Waals surface area contributed by atoms with Gasteiger partial charge in [0.05, 0.1) is 0 Å². The molecule has 1 fully saturated rings. The average molecular weight is 283 g/mol. The van der Waals surface area contributed by atoms with Gasteiger partial charge < -0.3 is 11.1 Å². The van der Waals surface area contributed by atoms with Gasteiger partial charge in [0.1, 0.15) is 0 Å².